The number of thioether (sulfide) groups is 1. The molecule has 2 aromatic rings. The standard InChI is InChI=1S/C12H16N4OS/c1-12(2,3)11-15-10(17-16-11)7-18-9-4-5-14-6-8(9)13/h4-6H,7,13H2,1-3H3. The number of anilines is 1. The van der Waals surface area contributed by atoms with E-state index in [0.717, 1.165) is 10.7 Å². The maximum atomic E-state index is 5.81. The Bertz CT molecular complexity index is 533. The van der Waals surface area contributed by atoms with E-state index >= 15 is 0 Å². The summed E-state index contributed by atoms with van der Waals surface area (Å²) in [5, 5.41) is 3.98. The van der Waals surface area contributed by atoms with Gasteiger partial charge in [0.15, 0.2) is 5.82 Å². The lowest BCUT2D eigenvalue weighted by Gasteiger charge is -2.10. The molecule has 96 valence electrons. The van der Waals surface area contributed by atoms with E-state index in [1.807, 2.05) is 6.07 Å². The predicted octanol–water partition coefficient (Wildman–Crippen LogP) is 2.64. The van der Waals surface area contributed by atoms with Crippen LogP contribution in [0.5, 0.6) is 0 Å². The van der Waals surface area contributed by atoms with E-state index in [-0.39, 0.29) is 5.41 Å². The normalized spacial score (nSPS) is 11.7. The number of aromatic nitrogens is 3. The van der Waals surface area contributed by atoms with Gasteiger partial charge >= 0.3 is 0 Å². The quantitative estimate of drug-likeness (QED) is 0.859. The minimum absolute atomic E-state index is 0.0951. The smallest absolute Gasteiger partial charge is 0.237 e. The summed E-state index contributed by atoms with van der Waals surface area (Å²) in [6.07, 6.45) is 3.35. The zero-order chi connectivity index (χ0) is 13.2. The maximum Gasteiger partial charge on any atom is 0.237 e. The molecule has 0 aromatic carbocycles. The molecule has 0 spiro atoms. The number of pyridine rings is 1. The molecule has 0 fully saturated rings. The van der Waals surface area contributed by atoms with Crippen LogP contribution in [0.25, 0.3) is 0 Å². The molecule has 5 nitrogen and oxygen atoms in total. The molecule has 2 aromatic heterocycles. The van der Waals surface area contributed by atoms with Crippen molar-refractivity contribution < 1.29 is 4.52 Å². The first-order valence-electron chi connectivity index (χ1n) is 5.62. The Morgan fingerprint density at radius 1 is 1.39 bits per heavy atom. The molecular weight excluding hydrogens is 248 g/mol. The van der Waals surface area contributed by atoms with Gasteiger partial charge in [0.25, 0.3) is 0 Å². The highest BCUT2D eigenvalue weighted by Gasteiger charge is 2.20. The van der Waals surface area contributed by atoms with Gasteiger partial charge in [0.05, 0.1) is 17.6 Å². The van der Waals surface area contributed by atoms with Crippen molar-refractivity contribution in [1.29, 1.82) is 0 Å². The fourth-order valence-electron chi connectivity index (χ4n) is 1.28. The molecule has 0 aliphatic rings. The Labute approximate surface area is 110 Å². The van der Waals surface area contributed by atoms with E-state index in [1.54, 1.807) is 24.2 Å². The molecule has 0 saturated carbocycles. The van der Waals surface area contributed by atoms with E-state index < -0.39 is 0 Å². The summed E-state index contributed by atoms with van der Waals surface area (Å²) < 4.78 is 5.21. The second kappa shape index (κ2) is 4.97. The monoisotopic (exact) mass is 264 g/mol. The summed E-state index contributed by atoms with van der Waals surface area (Å²) in [6.45, 7) is 6.15. The summed E-state index contributed by atoms with van der Waals surface area (Å²) in [5.74, 6) is 1.94. The van der Waals surface area contributed by atoms with Crippen molar-refractivity contribution in [2.24, 2.45) is 0 Å². The summed E-state index contributed by atoms with van der Waals surface area (Å²) >= 11 is 1.56. The van der Waals surface area contributed by atoms with Crippen LogP contribution in [0.4, 0.5) is 5.69 Å². The van der Waals surface area contributed by atoms with Crippen LogP contribution in [0.15, 0.2) is 27.9 Å². The lowest BCUT2D eigenvalue weighted by atomic mass is 9.96. The summed E-state index contributed by atoms with van der Waals surface area (Å²) in [4.78, 5) is 9.29. The highest BCUT2D eigenvalue weighted by atomic mass is 32.2. The molecule has 0 bridgehead atoms. The van der Waals surface area contributed by atoms with Gasteiger partial charge in [0.1, 0.15) is 0 Å². The molecule has 18 heavy (non-hydrogen) atoms. The Balaban J connectivity index is 2.03. The first kappa shape index (κ1) is 12.9. The lowest BCUT2D eigenvalue weighted by Crippen LogP contribution is -2.13. The SMILES string of the molecule is CC(C)(C)c1noc(CSc2ccncc2N)n1. The van der Waals surface area contributed by atoms with Crippen molar-refractivity contribution in [2.75, 3.05) is 5.73 Å². The summed E-state index contributed by atoms with van der Waals surface area (Å²) in [6, 6.07) is 1.88. The van der Waals surface area contributed by atoms with Crippen LogP contribution in [0.3, 0.4) is 0 Å². The van der Waals surface area contributed by atoms with Crippen LogP contribution < -0.4 is 5.73 Å². The average Bonchev–Trinajstić information content (AvgIpc) is 2.76. The topological polar surface area (TPSA) is 77.8 Å². The van der Waals surface area contributed by atoms with Gasteiger partial charge in [-0.25, -0.2) is 0 Å². The predicted molar refractivity (Wildman–Crippen MR) is 71.2 cm³/mol. The Morgan fingerprint density at radius 2 is 2.17 bits per heavy atom. The minimum atomic E-state index is -0.0951. The van der Waals surface area contributed by atoms with Crippen molar-refractivity contribution in [3.8, 4) is 0 Å². The molecule has 0 radical (unpaired) electrons. The number of nitrogens with zero attached hydrogens (tertiary/aromatic N) is 3. The molecule has 0 unspecified atom stereocenters. The summed E-state index contributed by atoms with van der Waals surface area (Å²) in [5.41, 5.74) is 6.38. The molecule has 2 heterocycles. The van der Waals surface area contributed by atoms with Crippen LogP contribution in [0.2, 0.25) is 0 Å². The fourth-order valence-corrected chi connectivity index (χ4v) is 2.06. The second-order valence-corrected chi connectivity index (χ2v) is 5.98. The van der Waals surface area contributed by atoms with Gasteiger partial charge < -0.3 is 10.3 Å². The summed E-state index contributed by atoms with van der Waals surface area (Å²) in [7, 11) is 0. The Kier molecular flexibility index (Phi) is 3.56. The van der Waals surface area contributed by atoms with E-state index in [9.17, 15) is 0 Å². The van der Waals surface area contributed by atoms with Gasteiger partial charge in [0.2, 0.25) is 5.89 Å². The molecule has 0 amide bonds. The first-order chi connectivity index (χ1) is 8.47. The number of nitrogen functional groups attached to an aromatic ring is 1. The number of nitrogens with two attached hydrogens (primary N) is 1. The number of hydrogen-bond acceptors (Lipinski definition) is 6. The van der Waals surface area contributed by atoms with Crippen molar-refractivity contribution in [3.63, 3.8) is 0 Å². The van der Waals surface area contributed by atoms with Crippen LogP contribution >= 0.6 is 11.8 Å². The molecule has 0 aliphatic carbocycles. The highest BCUT2D eigenvalue weighted by molar-refractivity contribution is 7.98. The third-order valence-electron chi connectivity index (χ3n) is 2.30. The second-order valence-electron chi connectivity index (χ2n) is 4.96. The molecule has 0 atom stereocenters. The van der Waals surface area contributed by atoms with E-state index in [2.05, 4.69) is 35.9 Å². The Hall–Kier alpha value is -1.56. The molecule has 2 N–H and O–H groups in total. The molecule has 2 rings (SSSR count). The van der Waals surface area contributed by atoms with Gasteiger partial charge in [-0.1, -0.05) is 25.9 Å². The third kappa shape index (κ3) is 3.01. The molecule has 0 saturated heterocycles. The van der Waals surface area contributed by atoms with Gasteiger partial charge in [-0.05, 0) is 6.07 Å². The van der Waals surface area contributed by atoms with Crippen LogP contribution in [0.1, 0.15) is 32.5 Å². The fraction of sp³-hybridized carbons (Fsp3) is 0.417. The molecular formula is C12H16N4OS. The van der Waals surface area contributed by atoms with Gasteiger partial charge in [-0.2, -0.15) is 4.98 Å². The van der Waals surface area contributed by atoms with Crippen LogP contribution in [0, 0.1) is 0 Å². The maximum absolute atomic E-state index is 5.81. The minimum Gasteiger partial charge on any atom is -0.397 e. The van der Waals surface area contributed by atoms with E-state index in [4.69, 9.17) is 10.3 Å². The highest BCUT2D eigenvalue weighted by Crippen LogP contribution is 2.27. The van der Waals surface area contributed by atoms with Gasteiger partial charge in [-0.3, -0.25) is 4.98 Å². The van der Waals surface area contributed by atoms with Crippen molar-refractivity contribution in [1.82, 2.24) is 15.1 Å². The number of hydrogen-bond donors (Lipinski definition) is 1. The van der Waals surface area contributed by atoms with Gasteiger partial charge in [0, 0.05) is 16.5 Å². The van der Waals surface area contributed by atoms with Crippen molar-refractivity contribution in [3.05, 3.63) is 30.2 Å². The van der Waals surface area contributed by atoms with Crippen LogP contribution in [-0.2, 0) is 11.2 Å². The van der Waals surface area contributed by atoms with Crippen molar-refractivity contribution in [2.45, 2.75) is 36.8 Å². The Morgan fingerprint density at radius 3 is 2.78 bits per heavy atom. The van der Waals surface area contributed by atoms with E-state index in [0.29, 0.717) is 17.3 Å². The number of rotatable bonds is 3. The zero-order valence-corrected chi connectivity index (χ0v) is 11.5. The van der Waals surface area contributed by atoms with Crippen LogP contribution in [-0.4, -0.2) is 15.1 Å². The van der Waals surface area contributed by atoms with Gasteiger partial charge in [-0.15, -0.1) is 11.8 Å². The average molecular weight is 264 g/mol. The van der Waals surface area contributed by atoms with E-state index in [1.165, 1.54) is 0 Å². The first-order valence-corrected chi connectivity index (χ1v) is 6.61. The lowest BCUT2D eigenvalue weighted by molar-refractivity contribution is 0.373. The van der Waals surface area contributed by atoms with Crippen molar-refractivity contribution >= 4 is 17.4 Å². The third-order valence-corrected chi connectivity index (χ3v) is 3.37. The molecule has 6 heteroatoms. The largest absolute Gasteiger partial charge is 0.397 e. The zero-order valence-electron chi connectivity index (χ0n) is 10.7. The molecule has 0 aliphatic heterocycles.